The monoisotopic (exact) mass is 276 g/mol. The highest BCUT2D eigenvalue weighted by atomic mass is 16.2. The minimum Gasteiger partial charge on any atom is -0.356 e. The lowest BCUT2D eigenvalue weighted by atomic mass is 10.1. The Morgan fingerprint density at radius 2 is 1.65 bits per heavy atom. The number of hydrogen-bond donors (Lipinski definition) is 2. The van der Waals surface area contributed by atoms with Gasteiger partial charge in [-0.1, -0.05) is 43.7 Å². The fourth-order valence-corrected chi connectivity index (χ4v) is 1.68. The van der Waals surface area contributed by atoms with Crippen molar-refractivity contribution in [2.75, 3.05) is 6.54 Å². The van der Waals surface area contributed by atoms with Crippen LogP contribution in [0.2, 0.25) is 0 Å². The van der Waals surface area contributed by atoms with Crippen LogP contribution < -0.4 is 10.6 Å². The minimum absolute atomic E-state index is 0.107. The Morgan fingerprint density at radius 1 is 1.05 bits per heavy atom. The topological polar surface area (TPSA) is 58.2 Å². The van der Waals surface area contributed by atoms with E-state index in [1.807, 2.05) is 31.2 Å². The first-order valence-corrected chi connectivity index (χ1v) is 7.06. The Bertz CT molecular complexity index is 438. The summed E-state index contributed by atoms with van der Waals surface area (Å²) in [5.41, 5.74) is 2.22. The number of amides is 2. The SMILES string of the molecule is Cc1ccc(CNC(=O)CC(=O)NCCC(C)C)cc1. The van der Waals surface area contributed by atoms with E-state index in [-0.39, 0.29) is 18.2 Å². The number of nitrogens with one attached hydrogen (secondary N) is 2. The van der Waals surface area contributed by atoms with Gasteiger partial charge in [-0.2, -0.15) is 0 Å². The van der Waals surface area contributed by atoms with Gasteiger partial charge in [0.05, 0.1) is 0 Å². The van der Waals surface area contributed by atoms with Crippen LogP contribution in [0.5, 0.6) is 0 Å². The van der Waals surface area contributed by atoms with Crippen molar-refractivity contribution in [3.05, 3.63) is 35.4 Å². The molecule has 0 unspecified atom stereocenters. The molecule has 4 nitrogen and oxygen atoms in total. The Kier molecular flexibility index (Phi) is 6.77. The second-order valence-corrected chi connectivity index (χ2v) is 5.47. The summed E-state index contributed by atoms with van der Waals surface area (Å²) in [6.45, 7) is 7.30. The Morgan fingerprint density at radius 3 is 2.25 bits per heavy atom. The van der Waals surface area contributed by atoms with Gasteiger partial charge in [-0.25, -0.2) is 0 Å². The van der Waals surface area contributed by atoms with Gasteiger partial charge in [0.2, 0.25) is 11.8 Å². The Balaban J connectivity index is 2.22. The van der Waals surface area contributed by atoms with Gasteiger partial charge < -0.3 is 10.6 Å². The highest BCUT2D eigenvalue weighted by Gasteiger charge is 2.08. The second kappa shape index (κ2) is 8.35. The molecule has 0 aliphatic rings. The summed E-state index contributed by atoms with van der Waals surface area (Å²) < 4.78 is 0. The van der Waals surface area contributed by atoms with Crippen LogP contribution in [-0.2, 0) is 16.1 Å². The van der Waals surface area contributed by atoms with E-state index in [9.17, 15) is 9.59 Å². The first kappa shape index (κ1) is 16.2. The fraction of sp³-hybridized carbons (Fsp3) is 0.500. The predicted molar refractivity (Wildman–Crippen MR) is 80.1 cm³/mol. The lowest BCUT2D eigenvalue weighted by molar-refractivity contribution is -0.129. The molecule has 4 heteroatoms. The summed E-state index contributed by atoms with van der Waals surface area (Å²) in [5.74, 6) is 0.0883. The van der Waals surface area contributed by atoms with E-state index in [2.05, 4.69) is 24.5 Å². The molecule has 0 bridgehead atoms. The molecule has 0 saturated heterocycles. The molecular weight excluding hydrogens is 252 g/mol. The molecule has 0 atom stereocenters. The molecule has 1 aromatic carbocycles. The lowest BCUT2D eigenvalue weighted by Crippen LogP contribution is -2.32. The molecule has 0 fully saturated rings. The number of carbonyl (C=O) groups is 2. The highest BCUT2D eigenvalue weighted by Crippen LogP contribution is 2.02. The van der Waals surface area contributed by atoms with Crippen LogP contribution in [0.3, 0.4) is 0 Å². The molecule has 0 aromatic heterocycles. The van der Waals surface area contributed by atoms with E-state index < -0.39 is 0 Å². The largest absolute Gasteiger partial charge is 0.356 e. The standard InChI is InChI=1S/C16H24N2O2/c1-12(2)8-9-17-15(19)10-16(20)18-11-14-6-4-13(3)5-7-14/h4-7,12H,8-11H2,1-3H3,(H,17,19)(H,18,20). The maximum Gasteiger partial charge on any atom is 0.229 e. The molecule has 110 valence electrons. The van der Waals surface area contributed by atoms with Gasteiger partial charge in [0.25, 0.3) is 0 Å². The van der Waals surface area contributed by atoms with Crippen molar-refractivity contribution < 1.29 is 9.59 Å². The van der Waals surface area contributed by atoms with Gasteiger partial charge in [-0.15, -0.1) is 0 Å². The van der Waals surface area contributed by atoms with Crippen LogP contribution in [0.15, 0.2) is 24.3 Å². The number of carbonyl (C=O) groups excluding carboxylic acids is 2. The summed E-state index contributed by atoms with van der Waals surface area (Å²) in [4.78, 5) is 23.1. The highest BCUT2D eigenvalue weighted by molar-refractivity contribution is 5.96. The average Bonchev–Trinajstić information content (AvgIpc) is 2.37. The van der Waals surface area contributed by atoms with Gasteiger partial charge >= 0.3 is 0 Å². The number of aryl methyl sites for hydroxylation is 1. The van der Waals surface area contributed by atoms with Crippen LogP contribution in [0.1, 0.15) is 37.8 Å². The predicted octanol–water partition coefficient (Wildman–Crippen LogP) is 2.16. The van der Waals surface area contributed by atoms with Gasteiger partial charge in [-0.3, -0.25) is 9.59 Å². The van der Waals surface area contributed by atoms with Crippen LogP contribution in [-0.4, -0.2) is 18.4 Å². The maximum atomic E-state index is 11.6. The van der Waals surface area contributed by atoms with Crippen LogP contribution in [0.25, 0.3) is 0 Å². The summed E-state index contributed by atoms with van der Waals surface area (Å²) in [7, 11) is 0. The number of hydrogen-bond acceptors (Lipinski definition) is 2. The smallest absolute Gasteiger partial charge is 0.229 e. The molecular formula is C16H24N2O2. The third kappa shape index (κ3) is 6.92. The maximum absolute atomic E-state index is 11.6. The molecule has 2 N–H and O–H groups in total. The first-order valence-electron chi connectivity index (χ1n) is 7.06. The summed E-state index contributed by atoms with van der Waals surface area (Å²) in [5, 5.41) is 5.50. The molecule has 2 amide bonds. The third-order valence-electron chi connectivity index (χ3n) is 2.98. The van der Waals surface area contributed by atoms with Crippen molar-refractivity contribution in [2.24, 2.45) is 5.92 Å². The number of benzene rings is 1. The van der Waals surface area contributed by atoms with E-state index in [0.29, 0.717) is 19.0 Å². The molecule has 0 aliphatic heterocycles. The first-order chi connectivity index (χ1) is 9.47. The van der Waals surface area contributed by atoms with Gasteiger partial charge in [-0.05, 0) is 24.8 Å². The van der Waals surface area contributed by atoms with Crippen molar-refractivity contribution in [2.45, 2.75) is 40.2 Å². The third-order valence-corrected chi connectivity index (χ3v) is 2.98. The summed E-state index contributed by atoms with van der Waals surface area (Å²) in [6, 6.07) is 7.94. The van der Waals surface area contributed by atoms with E-state index in [4.69, 9.17) is 0 Å². The summed E-state index contributed by atoms with van der Waals surface area (Å²) in [6.07, 6.45) is 0.820. The van der Waals surface area contributed by atoms with Crippen LogP contribution in [0.4, 0.5) is 0 Å². The Hall–Kier alpha value is -1.84. The molecule has 0 aliphatic carbocycles. The average molecular weight is 276 g/mol. The van der Waals surface area contributed by atoms with Gasteiger partial charge in [0, 0.05) is 13.1 Å². The molecule has 20 heavy (non-hydrogen) atoms. The quantitative estimate of drug-likeness (QED) is 0.750. The van der Waals surface area contributed by atoms with Gasteiger partial charge in [0.1, 0.15) is 6.42 Å². The molecule has 0 saturated carbocycles. The molecule has 1 rings (SSSR count). The zero-order chi connectivity index (χ0) is 15.0. The van der Waals surface area contributed by atoms with Crippen LogP contribution in [0, 0.1) is 12.8 Å². The normalized spacial score (nSPS) is 10.4. The molecule has 0 radical (unpaired) electrons. The van der Waals surface area contributed by atoms with Crippen molar-refractivity contribution in [1.29, 1.82) is 0 Å². The van der Waals surface area contributed by atoms with Crippen molar-refractivity contribution in [3.63, 3.8) is 0 Å². The zero-order valence-electron chi connectivity index (χ0n) is 12.5. The van der Waals surface area contributed by atoms with E-state index in [1.54, 1.807) is 0 Å². The van der Waals surface area contributed by atoms with E-state index in [0.717, 1.165) is 12.0 Å². The van der Waals surface area contributed by atoms with Crippen molar-refractivity contribution in [1.82, 2.24) is 10.6 Å². The van der Waals surface area contributed by atoms with E-state index in [1.165, 1.54) is 5.56 Å². The van der Waals surface area contributed by atoms with E-state index >= 15 is 0 Å². The molecule has 0 heterocycles. The summed E-state index contributed by atoms with van der Waals surface area (Å²) >= 11 is 0. The zero-order valence-corrected chi connectivity index (χ0v) is 12.5. The minimum atomic E-state index is -0.243. The Labute approximate surface area is 121 Å². The van der Waals surface area contributed by atoms with Crippen molar-refractivity contribution in [3.8, 4) is 0 Å². The van der Waals surface area contributed by atoms with Crippen LogP contribution >= 0.6 is 0 Å². The molecule has 1 aromatic rings. The lowest BCUT2D eigenvalue weighted by Gasteiger charge is -2.08. The second-order valence-electron chi connectivity index (χ2n) is 5.47. The van der Waals surface area contributed by atoms with Gasteiger partial charge in [0.15, 0.2) is 0 Å². The molecule has 0 spiro atoms. The fourth-order valence-electron chi connectivity index (χ4n) is 1.68. The van der Waals surface area contributed by atoms with Crippen molar-refractivity contribution >= 4 is 11.8 Å². The number of rotatable bonds is 7.